The van der Waals surface area contributed by atoms with E-state index >= 15 is 0 Å². The molecule has 3 aromatic heterocycles. The molecule has 0 aliphatic carbocycles. The molecular formula is C22H22BrN5O2. The molecule has 0 radical (unpaired) electrons. The number of carbonyl (C=O) groups is 1. The molecule has 1 aliphatic heterocycles. The average molecular weight is 468 g/mol. The van der Waals surface area contributed by atoms with E-state index in [1.807, 2.05) is 43.0 Å². The molecule has 0 spiro atoms. The first-order valence-electron chi connectivity index (χ1n) is 9.87. The van der Waals surface area contributed by atoms with Gasteiger partial charge < -0.3 is 9.64 Å². The van der Waals surface area contributed by atoms with E-state index in [0.717, 1.165) is 23.0 Å². The number of aryl methyl sites for hydroxylation is 1. The molecule has 4 rings (SSSR count). The Bertz CT molecular complexity index is 1030. The van der Waals surface area contributed by atoms with E-state index < -0.39 is 0 Å². The van der Waals surface area contributed by atoms with Crippen molar-refractivity contribution >= 4 is 21.8 Å². The molecule has 1 aliphatic rings. The Balaban J connectivity index is 1.60. The minimum absolute atomic E-state index is 0.122. The van der Waals surface area contributed by atoms with Crippen LogP contribution in [-0.2, 0) is 0 Å². The number of piperidine rings is 1. The largest absolute Gasteiger partial charge is 0.472 e. The van der Waals surface area contributed by atoms with Crippen LogP contribution >= 0.6 is 15.9 Å². The van der Waals surface area contributed by atoms with Crippen molar-refractivity contribution < 1.29 is 9.53 Å². The number of aromatic nitrogens is 4. The van der Waals surface area contributed by atoms with Crippen molar-refractivity contribution in [2.24, 2.45) is 0 Å². The second-order valence-electron chi connectivity index (χ2n) is 7.27. The van der Waals surface area contributed by atoms with Crippen LogP contribution in [0.3, 0.4) is 0 Å². The van der Waals surface area contributed by atoms with Crippen molar-refractivity contribution in [3.05, 3.63) is 64.8 Å². The van der Waals surface area contributed by atoms with Crippen LogP contribution in [0.1, 0.15) is 35.9 Å². The van der Waals surface area contributed by atoms with Crippen molar-refractivity contribution in [3.63, 3.8) is 0 Å². The number of pyridine rings is 2. The maximum Gasteiger partial charge on any atom is 0.273 e. The number of hydrogen-bond donors (Lipinski definition) is 0. The highest BCUT2D eigenvalue weighted by Crippen LogP contribution is 2.27. The Morgan fingerprint density at radius 2 is 1.97 bits per heavy atom. The zero-order valence-corrected chi connectivity index (χ0v) is 18.4. The van der Waals surface area contributed by atoms with Crippen molar-refractivity contribution in [1.29, 1.82) is 0 Å². The van der Waals surface area contributed by atoms with Gasteiger partial charge in [-0.05, 0) is 66.9 Å². The smallest absolute Gasteiger partial charge is 0.273 e. The fourth-order valence-corrected chi connectivity index (χ4v) is 3.85. The van der Waals surface area contributed by atoms with Gasteiger partial charge in [-0.3, -0.25) is 4.79 Å². The van der Waals surface area contributed by atoms with E-state index in [-0.39, 0.29) is 18.1 Å². The fourth-order valence-electron chi connectivity index (χ4n) is 3.61. The number of likely N-dealkylation sites (tertiary alicyclic amines) is 1. The van der Waals surface area contributed by atoms with Gasteiger partial charge in [-0.15, -0.1) is 0 Å². The van der Waals surface area contributed by atoms with Crippen LogP contribution < -0.4 is 4.74 Å². The minimum atomic E-state index is -0.141. The molecule has 0 saturated carbocycles. The lowest BCUT2D eigenvalue weighted by atomic mass is 9.98. The summed E-state index contributed by atoms with van der Waals surface area (Å²) in [7, 11) is 0. The molecule has 2 atom stereocenters. The van der Waals surface area contributed by atoms with Crippen LogP contribution in [0.5, 0.6) is 5.88 Å². The number of ether oxygens (including phenoxy) is 1. The average Bonchev–Trinajstić information content (AvgIpc) is 2.77. The summed E-state index contributed by atoms with van der Waals surface area (Å²) < 4.78 is 7.00. The first-order chi connectivity index (χ1) is 14.5. The van der Waals surface area contributed by atoms with Crippen LogP contribution in [0.2, 0.25) is 0 Å². The van der Waals surface area contributed by atoms with Crippen LogP contribution in [0.4, 0.5) is 0 Å². The predicted octanol–water partition coefficient (Wildman–Crippen LogP) is 4.08. The Labute approximate surface area is 183 Å². The third-order valence-electron chi connectivity index (χ3n) is 5.19. The van der Waals surface area contributed by atoms with Crippen molar-refractivity contribution in [3.8, 4) is 17.3 Å². The molecule has 0 aromatic carbocycles. The van der Waals surface area contributed by atoms with E-state index in [2.05, 4.69) is 35.9 Å². The summed E-state index contributed by atoms with van der Waals surface area (Å²) in [4.78, 5) is 32.8. The van der Waals surface area contributed by atoms with Crippen LogP contribution in [0.25, 0.3) is 11.4 Å². The lowest BCUT2D eigenvalue weighted by Gasteiger charge is -2.39. The number of rotatable bonds is 4. The Kier molecular flexibility index (Phi) is 6.03. The van der Waals surface area contributed by atoms with E-state index in [1.54, 1.807) is 24.7 Å². The monoisotopic (exact) mass is 467 g/mol. The molecule has 1 saturated heterocycles. The molecular weight excluding hydrogens is 446 g/mol. The SMILES string of the molecule is Cc1ccc(-c2ncccn2)c(C(=O)N2CCCC(Oc3ccc(Br)cn3)C2C)n1. The molecule has 154 valence electrons. The Hall–Kier alpha value is -2.87. The maximum atomic E-state index is 13.5. The second-order valence-corrected chi connectivity index (χ2v) is 8.19. The number of halogens is 1. The third kappa shape index (κ3) is 4.33. The quantitative estimate of drug-likeness (QED) is 0.574. The molecule has 4 heterocycles. The number of hydrogen-bond acceptors (Lipinski definition) is 6. The summed E-state index contributed by atoms with van der Waals surface area (Å²) in [5, 5.41) is 0. The minimum Gasteiger partial charge on any atom is -0.472 e. The van der Waals surface area contributed by atoms with Gasteiger partial charge in [0, 0.05) is 41.4 Å². The van der Waals surface area contributed by atoms with E-state index in [9.17, 15) is 4.79 Å². The first kappa shape index (κ1) is 20.4. The molecule has 8 heteroatoms. The normalized spacial score (nSPS) is 18.8. The summed E-state index contributed by atoms with van der Waals surface area (Å²) in [6.07, 6.45) is 6.59. The zero-order chi connectivity index (χ0) is 21.1. The maximum absolute atomic E-state index is 13.5. The van der Waals surface area contributed by atoms with Crippen molar-refractivity contribution in [2.75, 3.05) is 6.54 Å². The lowest BCUT2D eigenvalue weighted by Crippen LogP contribution is -2.51. The van der Waals surface area contributed by atoms with Crippen LogP contribution in [0, 0.1) is 6.92 Å². The number of amides is 1. The van der Waals surface area contributed by atoms with Crippen LogP contribution in [0.15, 0.2) is 53.4 Å². The summed E-state index contributed by atoms with van der Waals surface area (Å²) in [5.74, 6) is 0.909. The van der Waals surface area contributed by atoms with Gasteiger partial charge in [0.25, 0.3) is 5.91 Å². The fraction of sp³-hybridized carbons (Fsp3) is 0.318. The second kappa shape index (κ2) is 8.87. The molecule has 3 aromatic rings. The lowest BCUT2D eigenvalue weighted by molar-refractivity contribution is 0.0262. The highest BCUT2D eigenvalue weighted by atomic mass is 79.9. The molecule has 0 bridgehead atoms. The van der Waals surface area contributed by atoms with E-state index in [0.29, 0.717) is 29.5 Å². The summed E-state index contributed by atoms with van der Waals surface area (Å²) >= 11 is 3.38. The zero-order valence-electron chi connectivity index (χ0n) is 16.8. The summed E-state index contributed by atoms with van der Waals surface area (Å²) in [6, 6.07) is 9.07. The molecule has 1 amide bonds. The number of carbonyl (C=O) groups excluding carboxylic acids is 1. The van der Waals surface area contributed by atoms with Crippen molar-refractivity contribution in [1.82, 2.24) is 24.8 Å². The topological polar surface area (TPSA) is 81.1 Å². The summed E-state index contributed by atoms with van der Waals surface area (Å²) in [5.41, 5.74) is 1.78. The van der Waals surface area contributed by atoms with Gasteiger partial charge in [-0.2, -0.15) is 0 Å². The predicted molar refractivity (Wildman–Crippen MR) is 116 cm³/mol. The van der Waals surface area contributed by atoms with Gasteiger partial charge in [-0.25, -0.2) is 19.9 Å². The summed E-state index contributed by atoms with van der Waals surface area (Å²) in [6.45, 7) is 4.53. The van der Waals surface area contributed by atoms with E-state index in [4.69, 9.17) is 4.74 Å². The molecule has 7 nitrogen and oxygen atoms in total. The molecule has 30 heavy (non-hydrogen) atoms. The van der Waals surface area contributed by atoms with Crippen molar-refractivity contribution in [2.45, 2.75) is 38.8 Å². The first-order valence-corrected chi connectivity index (χ1v) is 10.7. The highest BCUT2D eigenvalue weighted by molar-refractivity contribution is 9.10. The molecule has 0 N–H and O–H groups in total. The molecule has 1 fully saturated rings. The highest BCUT2D eigenvalue weighted by Gasteiger charge is 2.35. The van der Waals surface area contributed by atoms with Crippen LogP contribution in [-0.4, -0.2) is 49.4 Å². The Morgan fingerprint density at radius 1 is 1.17 bits per heavy atom. The van der Waals surface area contributed by atoms with Gasteiger partial charge in [0.2, 0.25) is 5.88 Å². The number of nitrogens with zero attached hydrogens (tertiary/aromatic N) is 5. The Morgan fingerprint density at radius 3 is 2.70 bits per heavy atom. The molecule has 2 unspecified atom stereocenters. The van der Waals surface area contributed by atoms with Gasteiger partial charge in [0.15, 0.2) is 5.82 Å². The van der Waals surface area contributed by atoms with Gasteiger partial charge in [0.1, 0.15) is 11.8 Å². The van der Waals surface area contributed by atoms with Gasteiger partial charge in [-0.1, -0.05) is 0 Å². The van der Waals surface area contributed by atoms with Gasteiger partial charge in [0.05, 0.1) is 11.6 Å². The third-order valence-corrected chi connectivity index (χ3v) is 5.66. The van der Waals surface area contributed by atoms with Gasteiger partial charge >= 0.3 is 0 Å². The standard InChI is InChI=1S/C22H22BrN5O2/c1-14-6-8-17(21-24-10-4-11-25-21)20(27-14)22(29)28-12-3-5-18(15(28)2)30-19-9-7-16(23)13-26-19/h4,6-11,13,15,18H,3,5,12H2,1-2H3. The van der Waals surface area contributed by atoms with E-state index in [1.165, 1.54) is 0 Å².